The van der Waals surface area contributed by atoms with E-state index in [9.17, 15) is 14.7 Å². The number of rotatable bonds is 8. The molecule has 3 heterocycles. The van der Waals surface area contributed by atoms with Gasteiger partial charge in [0.2, 0.25) is 0 Å². The molecule has 0 fully saturated rings. The summed E-state index contributed by atoms with van der Waals surface area (Å²) >= 11 is 0. The SMILES string of the molecule is COc1ccc2c(c1OC)c(=O)n1c3ccc(OC(C)C(=O)NCC(O)c4ccccc4)cc3c3ccnc2c31. The number of amides is 1. The van der Waals surface area contributed by atoms with Gasteiger partial charge in [0.15, 0.2) is 17.6 Å². The van der Waals surface area contributed by atoms with Crippen molar-refractivity contribution in [2.75, 3.05) is 20.8 Å². The van der Waals surface area contributed by atoms with Crippen LogP contribution in [0, 0.1) is 0 Å². The van der Waals surface area contributed by atoms with E-state index in [0.29, 0.717) is 44.6 Å². The summed E-state index contributed by atoms with van der Waals surface area (Å²) in [5.41, 5.74) is 2.51. The molecule has 1 amide bonds. The third-order valence-electron chi connectivity index (χ3n) is 7.20. The van der Waals surface area contributed by atoms with Crippen LogP contribution in [0.3, 0.4) is 0 Å². The number of carbonyl (C=O) groups is 1. The predicted molar refractivity (Wildman–Crippen MR) is 153 cm³/mol. The Kier molecular flexibility index (Phi) is 6.36. The van der Waals surface area contributed by atoms with Crippen LogP contribution in [-0.4, -0.2) is 47.3 Å². The molecule has 0 bridgehead atoms. The number of aliphatic hydroxyl groups excluding tert-OH is 1. The predicted octanol–water partition coefficient (Wildman–Crippen LogP) is 4.23. The molecule has 0 saturated heterocycles. The maximum Gasteiger partial charge on any atom is 0.267 e. The van der Waals surface area contributed by atoms with Crippen LogP contribution < -0.4 is 25.1 Å². The van der Waals surface area contributed by atoms with Crippen LogP contribution in [0.2, 0.25) is 0 Å². The molecule has 2 atom stereocenters. The second-order valence-electron chi connectivity index (χ2n) is 9.53. The molecule has 2 unspecified atom stereocenters. The molecule has 9 nitrogen and oxygen atoms in total. The van der Waals surface area contributed by atoms with E-state index in [1.165, 1.54) is 14.2 Å². The third-order valence-corrected chi connectivity index (χ3v) is 7.20. The van der Waals surface area contributed by atoms with Crippen LogP contribution in [-0.2, 0) is 4.79 Å². The number of benzene rings is 3. The van der Waals surface area contributed by atoms with Gasteiger partial charge in [0, 0.05) is 28.9 Å². The topological polar surface area (TPSA) is 111 Å². The standard InChI is InChI=1S/C31H27N3O6/c1-17(30(36)33-16-24(35)18-7-5-4-6-8-18)40-19-9-11-23-22(15-19)20-13-14-32-27-21-10-12-25(38-2)29(39-3)26(21)31(37)34(23)28(20)27/h4-15,17,24,35H,16H2,1-3H3,(H,33,36). The average Bonchev–Trinajstić information content (AvgIpc) is 3.32. The smallest absolute Gasteiger partial charge is 0.267 e. The van der Waals surface area contributed by atoms with Gasteiger partial charge in [0.05, 0.1) is 42.3 Å². The van der Waals surface area contributed by atoms with E-state index in [2.05, 4.69) is 10.3 Å². The van der Waals surface area contributed by atoms with E-state index in [0.717, 1.165) is 16.3 Å². The van der Waals surface area contributed by atoms with Crippen molar-refractivity contribution in [2.45, 2.75) is 19.1 Å². The van der Waals surface area contributed by atoms with Crippen molar-refractivity contribution in [2.24, 2.45) is 0 Å². The quantitative estimate of drug-likeness (QED) is 0.280. The number of aromatic nitrogens is 2. The lowest BCUT2D eigenvalue weighted by molar-refractivity contribution is -0.127. The summed E-state index contributed by atoms with van der Waals surface area (Å²) in [6, 6.07) is 19.9. The molecular weight excluding hydrogens is 510 g/mol. The Morgan fingerprint density at radius 2 is 1.80 bits per heavy atom. The minimum atomic E-state index is -0.822. The van der Waals surface area contributed by atoms with Gasteiger partial charge < -0.3 is 24.6 Å². The molecule has 0 aliphatic carbocycles. The van der Waals surface area contributed by atoms with Crippen LogP contribution in [0.15, 0.2) is 77.7 Å². The van der Waals surface area contributed by atoms with Gasteiger partial charge in [-0.3, -0.25) is 19.0 Å². The second kappa shape index (κ2) is 10.0. The Labute approximate surface area is 228 Å². The van der Waals surface area contributed by atoms with Crippen molar-refractivity contribution in [3.8, 4) is 17.2 Å². The lowest BCUT2D eigenvalue weighted by atomic mass is 10.1. The van der Waals surface area contributed by atoms with Crippen LogP contribution >= 0.6 is 0 Å². The Morgan fingerprint density at radius 1 is 1.00 bits per heavy atom. The highest BCUT2D eigenvalue weighted by atomic mass is 16.5. The number of nitrogens with one attached hydrogen (secondary N) is 1. The number of ether oxygens (including phenoxy) is 3. The summed E-state index contributed by atoms with van der Waals surface area (Å²) < 4.78 is 18.6. The van der Waals surface area contributed by atoms with Crippen molar-refractivity contribution >= 4 is 44.0 Å². The molecule has 3 aromatic carbocycles. The summed E-state index contributed by atoms with van der Waals surface area (Å²) in [6.07, 6.45) is 0.0704. The lowest BCUT2D eigenvalue weighted by Gasteiger charge is -2.17. The summed E-state index contributed by atoms with van der Waals surface area (Å²) in [4.78, 5) is 31.2. The van der Waals surface area contributed by atoms with Crippen LogP contribution in [0.1, 0.15) is 18.6 Å². The summed E-state index contributed by atoms with van der Waals surface area (Å²) in [5, 5.41) is 15.8. The fraction of sp³-hybridized carbons (Fsp3) is 0.194. The largest absolute Gasteiger partial charge is 0.493 e. The Morgan fingerprint density at radius 3 is 2.55 bits per heavy atom. The molecule has 6 aromatic rings. The van der Waals surface area contributed by atoms with Crippen molar-refractivity contribution < 1.29 is 24.1 Å². The number of aliphatic hydroxyl groups is 1. The number of methoxy groups -OCH3 is 2. The van der Waals surface area contributed by atoms with Gasteiger partial charge in [-0.1, -0.05) is 30.3 Å². The van der Waals surface area contributed by atoms with Gasteiger partial charge in [-0.15, -0.1) is 0 Å². The van der Waals surface area contributed by atoms with Crippen LogP contribution in [0.25, 0.3) is 38.1 Å². The number of carbonyl (C=O) groups excluding carboxylic acids is 1. The molecule has 3 aromatic heterocycles. The highest BCUT2D eigenvalue weighted by Crippen LogP contribution is 2.39. The molecule has 0 saturated carbocycles. The van der Waals surface area contributed by atoms with Crippen LogP contribution in [0.5, 0.6) is 17.2 Å². The van der Waals surface area contributed by atoms with E-state index in [1.54, 1.807) is 47.9 Å². The monoisotopic (exact) mass is 537 g/mol. The first-order chi connectivity index (χ1) is 19.4. The zero-order chi connectivity index (χ0) is 28.0. The molecule has 9 heteroatoms. The fourth-order valence-electron chi connectivity index (χ4n) is 5.27. The molecule has 0 aliphatic rings. The number of hydrogen-bond acceptors (Lipinski definition) is 7. The minimum Gasteiger partial charge on any atom is -0.493 e. The number of nitrogens with zero attached hydrogens (tertiary/aromatic N) is 2. The average molecular weight is 538 g/mol. The molecule has 0 spiro atoms. The molecule has 6 rings (SSSR count). The number of pyridine rings is 2. The highest BCUT2D eigenvalue weighted by Gasteiger charge is 2.23. The van der Waals surface area contributed by atoms with Gasteiger partial charge in [0.25, 0.3) is 11.5 Å². The maximum atomic E-state index is 13.9. The van der Waals surface area contributed by atoms with Crippen molar-refractivity contribution in [1.82, 2.24) is 14.7 Å². The normalized spacial score (nSPS) is 13.1. The van der Waals surface area contributed by atoms with E-state index >= 15 is 0 Å². The zero-order valence-corrected chi connectivity index (χ0v) is 22.2. The fourth-order valence-corrected chi connectivity index (χ4v) is 5.27. The second-order valence-corrected chi connectivity index (χ2v) is 9.53. The Hall–Kier alpha value is -4.89. The maximum absolute atomic E-state index is 13.9. The molecular formula is C31H27N3O6. The molecule has 0 radical (unpaired) electrons. The van der Waals surface area contributed by atoms with Gasteiger partial charge in [-0.25, -0.2) is 0 Å². The zero-order valence-electron chi connectivity index (χ0n) is 22.2. The number of fused-ring (bicyclic) bond motifs is 5. The Bertz CT molecular complexity index is 1940. The van der Waals surface area contributed by atoms with Crippen molar-refractivity contribution in [3.05, 3.63) is 88.8 Å². The first-order valence-electron chi connectivity index (χ1n) is 12.8. The summed E-state index contributed by atoms with van der Waals surface area (Å²) in [5.74, 6) is 0.933. The molecule has 0 aliphatic heterocycles. The van der Waals surface area contributed by atoms with E-state index in [1.807, 2.05) is 36.4 Å². The molecule has 2 N–H and O–H groups in total. The van der Waals surface area contributed by atoms with E-state index in [-0.39, 0.29) is 18.0 Å². The van der Waals surface area contributed by atoms with Gasteiger partial charge in [0.1, 0.15) is 5.75 Å². The minimum absolute atomic E-state index is 0.0652. The van der Waals surface area contributed by atoms with Crippen molar-refractivity contribution in [1.29, 1.82) is 0 Å². The van der Waals surface area contributed by atoms with E-state index < -0.39 is 12.2 Å². The van der Waals surface area contributed by atoms with E-state index in [4.69, 9.17) is 14.2 Å². The first-order valence-corrected chi connectivity index (χ1v) is 12.8. The van der Waals surface area contributed by atoms with Gasteiger partial charge in [-0.2, -0.15) is 0 Å². The summed E-state index contributed by atoms with van der Waals surface area (Å²) in [7, 11) is 3.03. The molecule has 40 heavy (non-hydrogen) atoms. The highest BCUT2D eigenvalue weighted by molar-refractivity contribution is 6.19. The third kappa shape index (κ3) is 4.02. The van der Waals surface area contributed by atoms with Gasteiger partial charge in [-0.05, 0) is 48.9 Å². The van der Waals surface area contributed by atoms with Crippen molar-refractivity contribution in [3.63, 3.8) is 0 Å². The lowest BCUT2D eigenvalue weighted by Crippen LogP contribution is -2.38. The molecule has 202 valence electrons. The summed E-state index contributed by atoms with van der Waals surface area (Å²) in [6.45, 7) is 1.71. The van der Waals surface area contributed by atoms with Crippen LogP contribution in [0.4, 0.5) is 0 Å². The first kappa shape index (κ1) is 25.4. The van der Waals surface area contributed by atoms with Gasteiger partial charge >= 0.3 is 0 Å². The number of hydrogen-bond donors (Lipinski definition) is 2. The Balaban J connectivity index is 1.36.